The van der Waals surface area contributed by atoms with Gasteiger partial charge < -0.3 is 0 Å². The van der Waals surface area contributed by atoms with Crippen molar-refractivity contribution in [3.63, 3.8) is 0 Å². The number of nitrogens with zero attached hydrogens (tertiary/aromatic N) is 1. The zero-order valence-corrected chi connectivity index (χ0v) is 23.5. The third-order valence-electron chi connectivity index (χ3n) is 6.37. The number of alkyl halides is 34. The number of halogens is 34. The van der Waals surface area contributed by atoms with Crippen LogP contribution < -0.4 is 0 Å². The molecule has 0 aliphatic carbocycles. The van der Waals surface area contributed by atoms with Crippen LogP contribution in [0.4, 0.5) is 149 Å². The quantitative estimate of drug-likeness (QED) is 0.0911. The Morgan fingerprint density at radius 3 is 0.582 bits per heavy atom. The summed E-state index contributed by atoms with van der Waals surface area (Å²) in [5.41, 5.74) is 0. The van der Waals surface area contributed by atoms with Crippen molar-refractivity contribution in [3.05, 3.63) is 12.7 Å². The van der Waals surface area contributed by atoms with Crippen LogP contribution in [0.25, 0.3) is 0 Å². The van der Waals surface area contributed by atoms with Gasteiger partial charge in [-0.15, -0.1) is 0 Å². The molecule has 2 nitrogen and oxygen atoms in total. The molecule has 0 radical (unpaired) electrons. The fourth-order valence-electron chi connectivity index (χ4n) is 3.14. The van der Waals surface area contributed by atoms with Crippen molar-refractivity contribution < 1.29 is 154 Å². The van der Waals surface area contributed by atoms with E-state index in [-0.39, 0.29) is 0 Å². The number of hydrogen-bond donors (Lipinski definition) is 0. The topological polar surface area (TPSA) is 20.3 Å². The minimum atomic E-state index is -9.91. The average molecular weight is 907 g/mol. The number of rotatable bonds is 15. The number of amides is 1. The van der Waals surface area contributed by atoms with Crippen LogP contribution in [0.15, 0.2) is 12.7 Å². The molecule has 1 amide bonds. The third-order valence-corrected chi connectivity index (χ3v) is 6.37. The number of carbonyl (C=O) groups is 1. The van der Waals surface area contributed by atoms with Crippen molar-refractivity contribution in [2.24, 2.45) is 0 Å². The standard InChI is InChI=1S/C19H3F34NO/c1-2-3(55)54(18(50,51)14(40,41)10(32,33)6(24,25)4(20,21)8(28,29)12(36,37)16(44,45)46)19(52,53)15(42,43)11(34,35)7(26,27)5(22,23)9(30,31)13(38,39)17(47,48)49/h2H,1H2. The predicted octanol–water partition coefficient (Wildman–Crippen LogP) is 10.9. The lowest BCUT2D eigenvalue weighted by Crippen LogP contribution is -2.80. The fraction of sp³-hybridized carbons (Fsp3) is 0.842. The lowest BCUT2D eigenvalue weighted by atomic mass is 9.88. The van der Waals surface area contributed by atoms with E-state index in [4.69, 9.17) is 0 Å². The van der Waals surface area contributed by atoms with E-state index in [1.54, 1.807) is 0 Å². The van der Waals surface area contributed by atoms with Gasteiger partial charge in [-0.1, -0.05) is 6.58 Å². The first kappa shape index (κ1) is 51.8. The highest BCUT2D eigenvalue weighted by molar-refractivity contribution is 5.88. The van der Waals surface area contributed by atoms with E-state index in [2.05, 4.69) is 0 Å². The first-order chi connectivity index (χ1) is 23.1. The van der Waals surface area contributed by atoms with Crippen LogP contribution in [0, 0.1) is 0 Å². The monoisotopic (exact) mass is 907 g/mol. The maximum absolute atomic E-state index is 14.5. The summed E-state index contributed by atoms with van der Waals surface area (Å²) in [6.45, 7) is 1.50. The Bertz CT molecular complexity index is 1340. The van der Waals surface area contributed by atoms with Crippen molar-refractivity contribution in [3.8, 4) is 0 Å². The molecule has 0 fully saturated rings. The molecule has 0 heterocycles. The van der Waals surface area contributed by atoms with Crippen LogP contribution in [-0.2, 0) is 4.79 Å². The summed E-state index contributed by atoms with van der Waals surface area (Å²) in [6, 6.07) is -19.1. The molecule has 55 heavy (non-hydrogen) atoms. The average Bonchev–Trinajstić information content (AvgIpc) is 2.94. The van der Waals surface area contributed by atoms with Crippen molar-refractivity contribution in [2.45, 2.75) is 95.5 Å². The molecule has 0 unspecified atom stereocenters. The molecular weight excluding hydrogens is 904 g/mol. The van der Waals surface area contributed by atoms with Crippen molar-refractivity contribution in [1.82, 2.24) is 4.90 Å². The Morgan fingerprint density at radius 2 is 0.436 bits per heavy atom. The van der Waals surface area contributed by atoms with E-state index in [9.17, 15) is 154 Å². The molecule has 0 aromatic heterocycles. The highest BCUT2D eigenvalue weighted by Gasteiger charge is 2.99. The van der Waals surface area contributed by atoms with Gasteiger partial charge in [0.25, 0.3) is 5.91 Å². The van der Waals surface area contributed by atoms with Gasteiger partial charge in [0.2, 0.25) is 0 Å². The molecule has 0 aromatic carbocycles. The van der Waals surface area contributed by atoms with Gasteiger partial charge in [-0.2, -0.15) is 149 Å². The van der Waals surface area contributed by atoms with E-state index in [0.29, 0.717) is 0 Å². The van der Waals surface area contributed by atoms with Crippen LogP contribution in [0.3, 0.4) is 0 Å². The smallest absolute Gasteiger partial charge is 0.269 e. The molecule has 0 atom stereocenters. The molecule has 36 heteroatoms. The number of carbonyl (C=O) groups excluding carboxylic acids is 1. The minimum Gasteiger partial charge on any atom is -0.269 e. The molecule has 0 aliphatic rings. The largest absolute Gasteiger partial charge is 0.460 e. The van der Waals surface area contributed by atoms with Gasteiger partial charge in [-0.05, 0) is 6.08 Å². The van der Waals surface area contributed by atoms with E-state index in [0.717, 1.165) is 0 Å². The third kappa shape index (κ3) is 6.11. The Balaban J connectivity index is 8.07. The minimum absolute atomic E-state index is 1.50. The van der Waals surface area contributed by atoms with Crippen LogP contribution in [0.5, 0.6) is 0 Å². The van der Waals surface area contributed by atoms with E-state index >= 15 is 0 Å². The molecule has 0 rings (SSSR count). The van der Waals surface area contributed by atoms with E-state index < -0.39 is 112 Å². The van der Waals surface area contributed by atoms with Gasteiger partial charge >= 0.3 is 95.5 Å². The molecule has 0 spiro atoms. The van der Waals surface area contributed by atoms with Crippen LogP contribution in [0.1, 0.15) is 0 Å². The SMILES string of the molecule is C=CC(=O)N(C(F)(F)C(F)(F)C(F)(F)C(F)(F)C(F)(F)C(F)(F)C(F)(F)C(F)(F)F)C(F)(F)C(F)(F)C(F)(F)C(F)(F)C(F)(F)C(F)(F)C(F)(F)C(F)(F)F. The molecular formula is C19H3F34NO. The van der Waals surface area contributed by atoms with Crippen LogP contribution in [0.2, 0.25) is 0 Å². The Morgan fingerprint density at radius 1 is 0.291 bits per heavy atom. The summed E-state index contributed by atoms with van der Waals surface area (Å²) in [5.74, 6) is -120. The molecule has 0 saturated carbocycles. The van der Waals surface area contributed by atoms with Gasteiger partial charge in [-0.25, -0.2) is 4.90 Å². The molecule has 0 bridgehead atoms. The Labute approximate surface area is 274 Å². The maximum atomic E-state index is 14.5. The van der Waals surface area contributed by atoms with Crippen molar-refractivity contribution >= 4 is 5.91 Å². The zero-order chi connectivity index (χ0) is 45.9. The second-order valence-electron chi connectivity index (χ2n) is 9.85. The van der Waals surface area contributed by atoms with E-state index in [1.165, 1.54) is 6.58 Å². The van der Waals surface area contributed by atoms with E-state index in [1.807, 2.05) is 0 Å². The zero-order valence-electron chi connectivity index (χ0n) is 23.5. The van der Waals surface area contributed by atoms with Gasteiger partial charge in [0.1, 0.15) is 0 Å². The van der Waals surface area contributed by atoms with Crippen molar-refractivity contribution in [2.75, 3.05) is 0 Å². The first-order valence-corrected chi connectivity index (χ1v) is 11.5. The summed E-state index contributed by atoms with van der Waals surface area (Å²) in [6.07, 6.45) is -18.7. The Hall–Kier alpha value is -3.17. The van der Waals surface area contributed by atoms with Crippen molar-refractivity contribution in [1.29, 1.82) is 0 Å². The summed E-state index contributed by atoms with van der Waals surface area (Å²) >= 11 is 0. The molecule has 0 saturated heterocycles. The van der Waals surface area contributed by atoms with Crippen LogP contribution >= 0.6 is 0 Å². The first-order valence-electron chi connectivity index (χ1n) is 11.5. The second kappa shape index (κ2) is 12.7. The summed E-state index contributed by atoms with van der Waals surface area (Å²) in [5, 5.41) is 0. The molecule has 0 aliphatic heterocycles. The van der Waals surface area contributed by atoms with Crippen LogP contribution in [-0.4, -0.2) is 106 Å². The molecule has 328 valence electrons. The van der Waals surface area contributed by atoms with Gasteiger partial charge in [0.15, 0.2) is 0 Å². The number of hydrogen-bond acceptors (Lipinski definition) is 1. The lowest BCUT2D eigenvalue weighted by Gasteiger charge is -2.48. The fourth-order valence-corrected chi connectivity index (χ4v) is 3.14. The lowest BCUT2D eigenvalue weighted by molar-refractivity contribution is -0.488. The van der Waals surface area contributed by atoms with Gasteiger partial charge in [0, 0.05) is 0 Å². The van der Waals surface area contributed by atoms with Gasteiger partial charge in [0.05, 0.1) is 0 Å². The second-order valence-corrected chi connectivity index (χ2v) is 9.85. The molecule has 0 N–H and O–H groups in total. The van der Waals surface area contributed by atoms with Gasteiger partial charge in [-0.3, -0.25) is 4.79 Å². The highest BCUT2D eigenvalue weighted by atomic mass is 19.4. The predicted molar refractivity (Wildman–Crippen MR) is 98.4 cm³/mol. The summed E-state index contributed by atoms with van der Waals surface area (Å²) < 4.78 is 457. The Kier molecular flexibility index (Phi) is 11.9. The summed E-state index contributed by atoms with van der Waals surface area (Å²) in [4.78, 5) is 6.34. The highest BCUT2D eigenvalue weighted by Crippen LogP contribution is 2.68. The molecule has 0 aromatic rings. The maximum Gasteiger partial charge on any atom is 0.460 e. The normalized spacial score (nSPS) is 16.7. The summed E-state index contributed by atoms with van der Waals surface area (Å²) in [7, 11) is 0.